The van der Waals surface area contributed by atoms with E-state index in [-0.39, 0.29) is 5.69 Å². The molecule has 5 nitrogen and oxygen atoms in total. The Morgan fingerprint density at radius 2 is 1.93 bits per heavy atom. The molecule has 1 heterocycles. The zero-order valence-electron chi connectivity index (χ0n) is 7.89. The van der Waals surface area contributed by atoms with Gasteiger partial charge in [0.05, 0.1) is 15.6 Å². The molecule has 1 aliphatic rings. The van der Waals surface area contributed by atoms with Crippen LogP contribution in [0.2, 0.25) is 0 Å². The lowest BCUT2D eigenvalue weighted by Crippen LogP contribution is -2.21. The summed E-state index contributed by atoms with van der Waals surface area (Å²) in [6, 6.07) is 4.53. The van der Waals surface area contributed by atoms with E-state index in [1.54, 1.807) is 6.07 Å². The van der Waals surface area contributed by atoms with Gasteiger partial charge in [-0.05, 0) is 19.9 Å². The molecule has 0 atom stereocenters. The Kier molecular flexibility index (Phi) is 1.64. The molecule has 72 valence electrons. The van der Waals surface area contributed by atoms with Gasteiger partial charge >= 0.3 is 0 Å². The average Bonchev–Trinajstić information content (AvgIpc) is 2.36. The summed E-state index contributed by atoms with van der Waals surface area (Å²) in [5.74, 6) is 0. The fourth-order valence-corrected chi connectivity index (χ4v) is 1.42. The van der Waals surface area contributed by atoms with Crippen LogP contribution in [0.25, 0.3) is 0 Å². The largest absolute Gasteiger partial charge is 0.271 e. The van der Waals surface area contributed by atoms with Gasteiger partial charge in [0.25, 0.3) is 5.69 Å². The third-order valence-electron chi connectivity index (χ3n) is 1.96. The van der Waals surface area contributed by atoms with Gasteiger partial charge in [-0.1, -0.05) is 0 Å². The van der Waals surface area contributed by atoms with Crippen molar-refractivity contribution in [3.05, 3.63) is 39.0 Å². The van der Waals surface area contributed by atoms with Gasteiger partial charge in [0.1, 0.15) is 5.66 Å². The molecule has 1 aromatic carbocycles. The molecule has 0 N–H and O–H groups in total. The summed E-state index contributed by atoms with van der Waals surface area (Å²) in [5, 5.41) is 11.8. The maximum absolute atomic E-state index is 10.5. The molecule has 2 rings (SSSR count). The molecule has 0 unspecified atom stereocenters. The van der Waals surface area contributed by atoms with E-state index < -0.39 is 10.6 Å². The molecular formula is C9H9N3O2. The third kappa shape index (κ3) is 1.37. The lowest BCUT2D eigenvalue weighted by atomic mass is 10.3. The van der Waals surface area contributed by atoms with Crippen LogP contribution in [0, 0.1) is 10.1 Å². The van der Waals surface area contributed by atoms with Gasteiger partial charge in [-0.15, -0.1) is 0 Å². The van der Waals surface area contributed by atoms with Gasteiger partial charge in [0, 0.05) is 12.1 Å². The van der Waals surface area contributed by atoms with Crippen molar-refractivity contribution in [3.63, 3.8) is 0 Å². The molecule has 5 heteroatoms. The topological polar surface area (TPSA) is 67.9 Å². The number of nitro groups is 1. The second kappa shape index (κ2) is 2.60. The van der Waals surface area contributed by atoms with Crippen LogP contribution in [0.4, 0.5) is 5.69 Å². The number of hydrogen-bond donors (Lipinski definition) is 0. The maximum Gasteiger partial charge on any atom is 0.271 e. The molecule has 0 saturated heterocycles. The predicted octanol–water partition coefficient (Wildman–Crippen LogP) is 0.584. The highest BCUT2D eigenvalue weighted by molar-refractivity contribution is 5.29. The minimum absolute atomic E-state index is 0.0559. The second-order valence-corrected chi connectivity index (χ2v) is 3.65. The molecule has 1 aliphatic heterocycles. The molecule has 0 fully saturated rings. The van der Waals surface area contributed by atoms with E-state index in [2.05, 4.69) is 9.98 Å². The van der Waals surface area contributed by atoms with Gasteiger partial charge < -0.3 is 0 Å². The van der Waals surface area contributed by atoms with Crippen molar-refractivity contribution in [2.75, 3.05) is 0 Å². The quantitative estimate of drug-likeness (QED) is 0.481. The van der Waals surface area contributed by atoms with Crippen molar-refractivity contribution in [2.24, 2.45) is 9.98 Å². The van der Waals surface area contributed by atoms with Crippen molar-refractivity contribution in [2.45, 2.75) is 19.5 Å². The number of hydrogen-bond acceptors (Lipinski definition) is 4. The van der Waals surface area contributed by atoms with Gasteiger partial charge in [-0.2, -0.15) is 0 Å². The second-order valence-electron chi connectivity index (χ2n) is 3.65. The Balaban J connectivity index is 2.68. The fraction of sp³-hybridized carbons (Fsp3) is 0.333. The summed E-state index contributed by atoms with van der Waals surface area (Å²) in [6.07, 6.45) is 0. The summed E-state index contributed by atoms with van der Waals surface area (Å²) < 4.78 is 0. The summed E-state index contributed by atoms with van der Waals surface area (Å²) in [4.78, 5) is 18.6. The minimum Gasteiger partial charge on any atom is -0.258 e. The highest BCUT2D eigenvalue weighted by atomic mass is 16.6. The molecular weight excluding hydrogens is 182 g/mol. The van der Waals surface area contributed by atoms with E-state index in [1.165, 1.54) is 12.1 Å². The van der Waals surface area contributed by atoms with Crippen LogP contribution in [-0.4, -0.2) is 10.6 Å². The van der Waals surface area contributed by atoms with Gasteiger partial charge in [-0.25, -0.2) is 0 Å². The first-order chi connectivity index (χ1) is 6.48. The van der Waals surface area contributed by atoms with Crippen LogP contribution in [0.3, 0.4) is 0 Å². The Labute approximate surface area is 80.0 Å². The highest BCUT2D eigenvalue weighted by Crippen LogP contribution is 2.12. The molecule has 0 bridgehead atoms. The van der Waals surface area contributed by atoms with Crippen LogP contribution in [0.15, 0.2) is 28.2 Å². The molecule has 0 saturated carbocycles. The van der Waals surface area contributed by atoms with Gasteiger partial charge in [0.15, 0.2) is 0 Å². The number of rotatable bonds is 1. The minimum atomic E-state index is -0.489. The number of nitrogens with zero attached hydrogens (tertiary/aromatic N) is 3. The van der Waals surface area contributed by atoms with E-state index in [1.807, 2.05) is 13.8 Å². The van der Waals surface area contributed by atoms with E-state index in [0.717, 1.165) is 5.36 Å². The van der Waals surface area contributed by atoms with Crippen LogP contribution in [-0.2, 0) is 0 Å². The van der Waals surface area contributed by atoms with Crippen LogP contribution < -0.4 is 10.7 Å². The summed E-state index contributed by atoms with van der Waals surface area (Å²) >= 11 is 0. The van der Waals surface area contributed by atoms with E-state index in [4.69, 9.17) is 0 Å². The first-order valence-corrected chi connectivity index (χ1v) is 4.22. The zero-order valence-corrected chi connectivity index (χ0v) is 7.89. The molecule has 1 aromatic rings. The molecule has 0 aliphatic carbocycles. The monoisotopic (exact) mass is 191 g/mol. The molecule has 14 heavy (non-hydrogen) atoms. The highest BCUT2D eigenvalue weighted by Gasteiger charge is 2.19. The number of fused-ring (bicyclic) bond motifs is 1. The van der Waals surface area contributed by atoms with Gasteiger partial charge in [0.2, 0.25) is 0 Å². The van der Waals surface area contributed by atoms with Crippen LogP contribution >= 0.6 is 0 Å². The maximum atomic E-state index is 10.5. The Bertz CT molecular complexity index is 519. The molecule has 0 spiro atoms. The van der Waals surface area contributed by atoms with Crippen molar-refractivity contribution < 1.29 is 4.92 Å². The van der Waals surface area contributed by atoms with Crippen LogP contribution in [0.1, 0.15) is 13.8 Å². The molecule has 0 aromatic heterocycles. The normalized spacial score (nSPS) is 16.7. The summed E-state index contributed by atoms with van der Waals surface area (Å²) in [5.41, 5.74) is -0.433. The van der Waals surface area contributed by atoms with Crippen LogP contribution in [0.5, 0.6) is 0 Å². The fourth-order valence-electron chi connectivity index (χ4n) is 1.42. The number of nitro benzene ring substituents is 1. The number of non-ortho nitro benzene ring substituents is 1. The smallest absolute Gasteiger partial charge is 0.258 e. The Hall–Kier alpha value is -1.78. The first-order valence-electron chi connectivity index (χ1n) is 4.22. The van der Waals surface area contributed by atoms with Gasteiger partial charge in [-0.3, -0.25) is 20.1 Å². The van der Waals surface area contributed by atoms with Crippen molar-refractivity contribution in [1.29, 1.82) is 0 Å². The zero-order chi connectivity index (χ0) is 10.3. The summed E-state index contributed by atoms with van der Waals surface area (Å²) in [7, 11) is 0. The lowest BCUT2D eigenvalue weighted by molar-refractivity contribution is -0.385. The third-order valence-corrected chi connectivity index (χ3v) is 1.96. The van der Waals surface area contributed by atoms with Crippen molar-refractivity contribution in [1.82, 2.24) is 0 Å². The Morgan fingerprint density at radius 1 is 1.29 bits per heavy atom. The average molecular weight is 191 g/mol. The molecule has 0 radical (unpaired) electrons. The lowest BCUT2D eigenvalue weighted by Gasteiger charge is -2.06. The SMILES string of the molecule is CC1(C)N=c2ccc([N+](=O)[O-])cc2=N1. The van der Waals surface area contributed by atoms with E-state index in [0.29, 0.717) is 5.36 Å². The molecule has 0 amide bonds. The number of benzene rings is 1. The predicted molar refractivity (Wildman–Crippen MR) is 49.5 cm³/mol. The van der Waals surface area contributed by atoms with E-state index >= 15 is 0 Å². The summed E-state index contributed by atoms with van der Waals surface area (Å²) in [6.45, 7) is 3.72. The van der Waals surface area contributed by atoms with Crippen molar-refractivity contribution in [3.8, 4) is 0 Å². The van der Waals surface area contributed by atoms with Crippen molar-refractivity contribution >= 4 is 5.69 Å². The first kappa shape index (κ1) is 8.80. The van der Waals surface area contributed by atoms with E-state index in [9.17, 15) is 10.1 Å². The standard InChI is InChI=1S/C9H9N3O2/c1-9(2)10-7-4-3-6(12(13)14)5-8(7)11-9/h3-5H,1-2H3. The Morgan fingerprint density at radius 3 is 2.57 bits per heavy atom.